The number of benzene rings is 1. The van der Waals surface area contributed by atoms with Crippen molar-refractivity contribution < 1.29 is 9.47 Å². The Labute approximate surface area is 107 Å². The molecule has 0 N–H and O–H groups in total. The van der Waals surface area contributed by atoms with Gasteiger partial charge in [0.15, 0.2) is 11.5 Å². The molecule has 1 aromatic rings. The van der Waals surface area contributed by atoms with E-state index in [0.29, 0.717) is 6.79 Å². The maximum Gasteiger partial charge on any atom is 0.231 e. The Morgan fingerprint density at radius 2 is 2.00 bits per heavy atom. The minimum atomic E-state index is 0.208. The molecule has 0 saturated heterocycles. The summed E-state index contributed by atoms with van der Waals surface area (Å²) < 4.78 is 10.9. The lowest BCUT2D eigenvalue weighted by Crippen LogP contribution is -2.35. The van der Waals surface area contributed by atoms with Gasteiger partial charge in [0.25, 0.3) is 0 Å². The van der Waals surface area contributed by atoms with Crippen LogP contribution in [0.3, 0.4) is 0 Å². The molecule has 18 heavy (non-hydrogen) atoms. The summed E-state index contributed by atoms with van der Waals surface area (Å²) in [6.45, 7) is 1.34. The number of fused-ring (bicyclic) bond motifs is 2. The van der Waals surface area contributed by atoms with E-state index in [9.17, 15) is 0 Å². The third-order valence-electron chi connectivity index (χ3n) is 4.59. The van der Waals surface area contributed by atoms with Crippen LogP contribution in [0, 0.1) is 0 Å². The summed E-state index contributed by atoms with van der Waals surface area (Å²) in [6.07, 6.45) is 6.19. The molecule has 0 amide bonds. The first kappa shape index (κ1) is 10.4. The highest BCUT2D eigenvalue weighted by Crippen LogP contribution is 2.46. The SMILES string of the molecule is c1cc2c(cc1C13CCCCC1=NCC3)OCO2. The first-order valence-electron chi connectivity index (χ1n) is 6.82. The van der Waals surface area contributed by atoms with Crippen LogP contribution >= 0.6 is 0 Å². The van der Waals surface area contributed by atoms with Crippen molar-refractivity contribution in [3.05, 3.63) is 23.8 Å². The fraction of sp³-hybridized carbons (Fsp3) is 0.533. The van der Waals surface area contributed by atoms with Gasteiger partial charge in [-0.3, -0.25) is 4.99 Å². The van der Waals surface area contributed by atoms with Crippen LogP contribution in [0.15, 0.2) is 23.2 Å². The standard InChI is InChI=1S/C15H17NO2/c1-2-6-15(7-8-16-14(15)3-1)11-4-5-12-13(9-11)18-10-17-12/h4-5,9H,1-3,6-8,10H2. The summed E-state index contributed by atoms with van der Waals surface area (Å²) in [5.74, 6) is 1.78. The molecule has 0 aromatic heterocycles. The van der Waals surface area contributed by atoms with Crippen LogP contribution < -0.4 is 9.47 Å². The van der Waals surface area contributed by atoms with E-state index in [1.165, 1.54) is 43.4 Å². The maximum absolute atomic E-state index is 5.51. The van der Waals surface area contributed by atoms with Crippen molar-refractivity contribution in [3.63, 3.8) is 0 Å². The van der Waals surface area contributed by atoms with E-state index in [-0.39, 0.29) is 5.41 Å². The molecule has 0 bridgehead atoms. The summed E-state index contributed by atoms with van der Waals surface area (Å²) in [5, 5.41) is 0. The third kappa shape index (κ3) is 1.33. The van der Waals surface area contributed by atoms with Gasteiger partial charge in [0.1, 0.15) is 0 Å². The van der Waals surface area contributed by atoms with Gasteiger partial charge in [-0.05, 0) is 43.4 Å². The van der Waals surface area contributed by atoms with Gasteiger partial charge in [-0.15, -0.1) is 0 Å². The molecular weight excluding hydrogens is 226 g/mol. The van der Waals surface area contributed by atoms with E-state index in [1.54, 1.807) is 0 Å². The Balaban J connectivity index is 1.79. The summed E-state index contributed by atoms with van der Waals surface area (Å²) in [5.41, 5.74) is 3.01. The van der Waals surface area contributed by atoms with Crippen molar-refractivity contribution in [3.8, 4) is 11.5 Å². The van der Waals surface area contributed by atoms with Gasteiger partial charge in [-0.2, -0.15) is 0 Å². The Kier molecular flexibility index (Phi) is 2.16. The third-order valence-corrected chi connectivity index (χ3v) is 4.59. The zero-order chi connectivity index (χ0) is 12.0. The van der Waals surface area contributed by atoms with Gasteiger partial charge in [-0.1, -0.05) is 12.5 Å². The number of hydrogen-bond acceptors (Lipinski definition) is 3. The molecule has 1 unspecified atom stereocenters. The summed E-state index contributed by atoms with van der Waals surface area (Å²) >= 11 is 0. The number of ether oxygens (including phenoxy) is 2. The Hall–Kier alpha value is -1.51. The molecule has 1 aromatic carbocycles. The molecule has 2 heterocycles. The monoisotopic (exact) mass is 243 g/mol. The zero-order valence-corrected chi connectivity index (χ0v) is 10.4. The summed E-state index contributed by atoms with van der Waals surface area (Å²) in [7, 11) is 0. The average Bonchev–Trinajstić information content (AvgIpc) is 3.04. The van der Waals surface area contributed by atoms with Gasteiger partial charge >= 0.3 is 0 Å². The molecule has 1 fully saturated rings. The highest BCUT2D eigenvalue weighted by molar-refractivity contribution is 5.97. The molecule has 0 radical (unpaired) electrons. The molecule has 3 nitrogen and oxygen atoms in total. The smallest absolute Gasteiger partial charge is 0.231 e. The normalized spacial score (nSPS) is 29.0. The zero-order valence-electron chi connectivity index (χ0n) is 10.4. The van der Waals surface area contributed by atoms with Crippen LogP contribution in [-0.4, -0.2) is 19.0 Å². The lowest BCUT2D eigenvalue weighted by molar-refractivity contribution is 0.174. The van der Waals surface area contributed by atoms with Gasteiger partial charge in [0.05, 0.1) is 0 Å². The fourth-order valence-electron chi connectivity index (χ4n) is 3.63. The lowest BCUT2D eigenvalue weighted by atomic mass is 9.67. The fourth-order valence-corrected chi connectivity index (χ4v) is 3.63. The van der Waals surface area contributed by atoms with Crippen LogP contribution in [0.5, 0.6) is 11.5 Å². The van der Waals surface area contributed by atoms with Gasteiger partial charge in [0, 0.05) is 17.7 Å². The Bertz CT molecular complexity index is 523. The number of rotatable bonds is 1. The molecule has 2 aliphatic heterocycles. The number of nitrogens with zero attached hydrogens (tertiary/aromatic N) is 1. The second kappa shape index (κ2) is 3.74. The van der Waals surface area contributed by atoms with Crippen molar-refractivity contribution >= 4 is 5.71 Å². The average molecular weight is 243 g/mol. The minimum Gasteiger partial charge on any atom is -0.454 e. The second-order valence-electron chi connectivity index (χ2n) is 5.44. The van der Waals surface area contributed by atoms with Crippen molar-refractivity contribution in [1.82, 2.24) is 0 Å². The number of aliphatic imine (C=N–C) groups is 1. The molecule has 0 spiro atoms. The highest BCUT2D eigenvalue weighted by Gasteiger charge is 2.42. The topological polar surface area (TPSA) is 30.8 Å². The van der Waals surface area contributed by atoms with Crippen molar-refractivity contribution in [2.75, 3.05) is 13.3 Å². The van der Waals surface area contributed by atoms with Gasteiger partial charge in [-0.25, -0.2) is 0 Å². The second-order valence-corrected chi connectivity index (χ2v) is 5.44. The van der Waals surface area contributed by atoms with Crippen LogP contribution in [0.4, 0.5) is 0 Å². The van der Waals surface area contributed by atoms with E-state index in [1.807, 2.05) is 0 Å². The predicted octanol–water partition coefficient (Wildman–Crippen LogP) is 3.07. The van der Waals surface area contributed by atoms with E-state index in [4.69, 9.17) is 14.5 Å². The molecule has 1 aliphatic carbocycles. The molecular formula is C15H17NO2. The first-order chi connectivity index (χ1) is 8.88. The molecule has 1 atom stereocenters. The van der Waals surface area contributed by atoms with Crippen molar-refractivity contribution in [1.29, 1.82) is 0 Å². The Morgan fingerprint density at radius 3 is 3.00 bits per heavy atom. The van der Waals surface area contributed by atoms with Crippen molar-refractivity contribution in [2.24, 2.45) is 4.99 Å². The predicted molar refractivity (Wildman–Crippen MR) is 69.6 cm³/mol. The van der Waals surface area contributed by atoms with Crippen LogP contribution in [0.2, 0.25) is 0 Å². The van der Waals surface area contributed by atoms with Gasteiger partial charge in [0.2, 0.25) is 6.79 Å². The summed E-state index contributed by atoms with van der Waals surface area (Å²) in [6, 6.07) is 6.44. The van der Waals surface area contributed by atoms with Crippen LogP contribution in [0.1, 0.15) is 37.7 Å². The van der Waals surface area contributed by atoms with E-state index in [2.05, 4.69) is 18.2 Å². The number of hydrogen-bond donors (Lipinski definition) is 0. The quantitative estimate of drug-likeness (QED) is 0.759. The Morgan fingerprint density at radius 1 is 1.06 bits per heavy atom. The van der Waals surface area contributed by atoms with E-state index < -0.39 is 0 Å². The minimum absolute atomic E-state index is 0.208. The molecule has 4 rings (SSSR count). The molecule has 1 saturated carbocycles. The van der Waals surface area contributed by atoms with Crippen LogP contribution in [-0.2, 0) is 5.41 Å². The summed E-state index contributed by atoms with van der Waals surface area (Å²) in [4.78, 5) is 4.74. The highest BCUT2D eigenvalue weighted by atomic mass is 16.7. The largest absolute Gasteiger partial charge is 0.454 e. The van der Waals surface area contributed by atoms with E-state index in [0.717, 1.165) is 18.0 Å². The first-order valence-corrected chi connectivity index (χ1v) is 6.82. The maximum atomic E-state index is 5.51. The molecule has 3 heteroatoms. The molecule has 94 valence electrons. The lowest BCUT2D eigenvalue weighted by Gasteiger charge is -2.35. The van der Waals surface area contributed by atoms with Gasteiger partial charge < -0.3 is 9.47 Å². The molecule has 3 aliphatic rings. The van der Waals surface area contributed by atoms with Crippen molar-refractivity contribution in [2.45, 2.75) is 37.5 Å². The van der Waals surface area contributed by atoms with Crippen LogP contribution in [0.25, 0.3) is 0 Å². The van der Waals surface area contributed by atoms with E-state index >= 15 is 0 Å².